The van der Waals surface area contributed by atoms with E-state index in [-0.39, 0.29) is 17.9 Å². The number of amides is 2. The molecule has 25 heavy (non-hydrogen) atoms. The van der Waals surface area contributed by atoms with Crippen molar-refractivity contribution < 1.29 is 14.3 Å². The first-order chi connectivity index (χ1) is 12.1. The summed E-state index contributed by atoms with van der Waals surface area (Å²) >= 11 is 6.00. The van der Waals surface area contributed by atoms with Crippen molar-refractivity contribution in [3.8, 4) is 0 Å². The molecule has 0 bridgehead atoms. The Kier molecular flexibility index (Phi) is 5.93. The van der Waals surface area contributed by atoms with Crippen LogP contribution in [0.25, 0.3) is 0 Å². The van der Waals surface area contributed by atoms with Crippen LogP contribution in [0.4, 0.5) is 5.69 Å². The van der Waals surface area contributed by atoms with E-state index in [9.17, 15) is 9.59 Å². The van der Waals surface area contributed by atoms with Crippen LogP contribution in [-0.4, -0.2) is 62.7 Å². The lowest BCUT2D eigenvalue weighted by atomic mass is 10.1. The number of carbonyl (C=O) groups excluding carboxylic acids is 2. The molecular formula is C18H24ClN3O3. The Morgan fingerprint density at radius 2 is 2.20 bits per heavy atom. The smallest absolute Gasteiger partial charge is 0.239 e. The maximum absolute atomic E-state index is 12.6. The molecular weight excluding hydrogens is 342 g/mol. The van der Waals surface area contributed by atoms with Gasteiger partial charge in [0.25, 0.3) is 0 Å². The highest BCUT2D eigenvalue weighted by atomic mass is 35.5. The van der Waals surface area contributed by atoms with Crippen molar-refractivity contribution in [2.24, 2.45) is 5.92 Å². The van der Waals surface area contributed by atoms with Crippen LogP contribution in [0.1, 0.15) is 12.8 Å². The summed E-state index contributed by atoms with van der Waals surface area (Å²) in [5.74, 6) is -0.908. The van der Waals surface area contributed by atoms with Crippen LogP contribution in [-0.2, 0) is 14.3 Å². The Morgan fingerprint density at radius 3 is 2.96 bits per heavy atom. The molecule has 2 atom stereocenters. The molecule has 1 aromatic rings. The van der Waals surface area contributed by atoms with Crippen LogP contribution in [0, 0.1) is 5.92 Å². The standard InChI is InChI=1S/C18H24ClN3O3/c1-25-10-9-21-7-5-14(12-21)20-17(23)16-6-8-22(18(16)24)15-4-2-3-13(19)11-15/h2-4,11,14,16H,5-10,12H2,1H3,(H,20,23). The summed E-state index contributed by atoms with van der Waals surface area (Å²) in [5.41, 5.74) is 0.749. The maximum Gasteiger partial charge on any atom is 0.239 e. The number of ether oxygens (including phenoxy) is 1. The Bertz CT molecular complexity index is 640. The van der Waals surface area contributed by atoms with Crippen molar-refractivity contribution >= 4 is 29.1 Å². The predicted octanol–water partition coefficient (Wildman–Crippen LogP) is 1.53. The lowest BCUT2D eigenvalue weighted by Gasteiger charge is -2.19. The number of anilines is 1. The Labute approximate surface area is 153 Å². The largest absolute Gasteiger partial charge is 0.383 e. The molecule has 2 heterocycles. The molecule has 7 heteroatoms. The third-order valence-corrected chi connectivity index (χ3v) is 5.11. The summed E-state index contributed by atoms with van der Waals surface area (Å²) in [6.07, 6.45) is 1.45. The number of hydrogen-bond donors (Lipinski definition) is 1. The van der Waals surface area contributed by atoms with E-state index in [4.69, 9.17) is 16.3 Å². The Hall–Kier alpha value is -1.63. The number of nitrogens with zero attached hydrogens (tertiary/aromatic N) is 2. The van der Waals surface area contributed by atoms with E-state index in [2.05, 4.69) is 10.2 Å². The molecule has 0 saturated carbocycles. The molecule has 2 unspecified atom stereocenters. The molecule has 1 aromatic carbocycles. The van der Waals surface area contributed by atoms with Gasteiger partial charge in [0.2, 0.25) is 11.8 Å². The van der Waals surface area contributed by atoms with Gasteiger partial charge in [-0.25, -0.2) is 0 Å². The maximum atomic E-state index is 12.6. The van der Waals surface area contributed by atoms with Gasteiger partial charge in [-0.1, -0.05) is 17.7 Å². The number of hydrogen-bond acceptors (Lipinski definition) is 4. The first-order valence-corrected chi connectivity index (χ1v) is 9.05. The van der Waals surface area contributed by atoms with Gasteiger partial charge in [0.1, 0.15) is 5.92 Å². The van der Waals surface area contributed by atoms with Gasteiger partial charge in [-0.2, -0.15) is 0 Å². The fraction of sp³-hybridized carbons (Fsp3) is 0.556. The molecule has 136 valence electrons. The molecule has 2 aliphatic rings. The highest BCUT2D eigenvalue weighted by Gasteiger charge is 2.38. The summed E-state index contributed by atoms with van der Waals surface area (Å²) in [7, 11) is 1.69. The van der Waals surface area contributed by atoms with Gasteiger partial charge in [-0.15, -0.1) is 0 Å². The van der Waals surface area contributed by atoms with Crippen molar-refractivity contribution in [2.75, 3.05) is 44.8 Å². The van der Waals surface area contributed by atoms with Crippen LogP contribution in [0.2, 0.25) is 5.02 Å². The van der Waals surface area contributed by atoms with Crippen LogP contribution in [0.3, 0.4) is 0 Å². The topological polar surface area (TPSA) is 61.9 Å². The van der Waals surface area contributed by atoms with Crippen molar-refractivity contribution in [3.05, 3.63) is 29.3 Å². The lowest BCUT2D eigenvalue weighted by Crippen LogP contribution is -2.43. The van der Waals surface area contributed by atoms with Crippen molar-refractivity contribution in [1.82, 2.24) is 10.2 Å². The van der Waals surface area contributed by atoms with E-state index in [0.29, 0.717) is 24.6 Å². The molecule has 1 N–H and O–H groups in total. The second-order valence-electron chi connectivity index (χ2n) is 6.60. The fourth-order valence-corrected chi connectivity index (χ4v) is 3.68. The monoisotopic (exact) mass is 365 g/mol. The van der Waals surface area contributed by atoms with Gasteiger partial charge in [0, 0.05) is 50.0 Å². The summed E-state index contributed by atoms with van der Waals surface area (Å²) in [6.45, 7) is 3.86. The number of halogens is 1. The highest BCUT2D eigenvalue weighted by Crippen LogP contribution is 2.27. The quantitative estimate of drug-likeness (QED) is 0.777. The number of methoxy groups -OCH3 is 1. The molecule has 3 rings (SSSR count). The van der Waals surface area contributed by atoms with Crippen LogP contribution < -0.4 is 10.2 Å². The van der Waals surface area contributed by atoms with Crippen LogP contribution >= 0.6 is 11.6 Å². The number of likely N-dealkylation sites (tertiary alicyclic amines) is 1. The zero-order chi connectivity index (χ0) is 17.8. The predicted molar refractivity (Wildman–Crippen MR) is 96.8 cm³/mol. The minimum atomic E-state index is -0.605. The highest BCUT2D eigenvalue weighted by molar-refractivity contribution is 6.31. The Balaban J connectivity index is 1.54. The van der Waals surface area contributed by atoms with Gasteiger partial charge < -0.3 is 15.0 Å². The lowest BCUT2D eigenvalue weighted by molar-refractivity contribution is -0.132. The number of carbonyl (C=O) groups is 2. The van der Waals surface area contributed by atoms with Crippen molar-refractivity contribution in [1.29, 1.82) is 0 Å². The van der Waals surface area contributed by atoms with Gasteiger partial charge >= 0.3 is 0 Å². The average molecular weight is 366 g/mol. The molecule has 2 fully saturated rings. The normalized spacial score (nSPS) is 24.1. The first-order valence-electron chi connectivity index (χ1n) is 8.67. The first kappa shape index (κ1) is 18.2. The average Bonchev–Trinajstić information content (AvgIpc) is 3.19. The molecule has 0 radical (unpaired) electrons. The molecule has 2 saturated heterocycles. The Morgan fingerprint density at radius 1 is 1.36 bits per heavy atom. The molecule has 2 aliphatic heterocycles. The summed E-state index contributed by atoms with van der Waals surface area (Å²) < 4.78 is 5.09. The van der Waals surface area contributed by atoms with Crippen LogP contribution in [0.15, 0.2) is 24.3 Å². The summed E-state index contributed by atoms with van der Waals surface area (Å²) in [5, 5.41) is 3.63. The SMILES string of the molecule is COCCN1CCC(NC(=O)C2CCN(c3cccc(Cl)c3)C2=O)C1. The molecule has 0 spiro atoms. The number of benzene rings is 1. The van der Waals surface area contributed by atoms with E-state index >= 15 is 0 Å². The van der Waals surface area contributed by atoms with E-state index in [0.717, 1.165) is 31.7 Å². The molecule has 0 aliphatic carbocycles. The third-order valence-electron chi connectivity index (χ3n) is 4.87. The second-order valence-corrected chi connectivity index (χ2v) is 7.04. The zero-order valence-corrected chi connectivity index (χ0v) is 15.2. The molecule has 0 aromatic heterocycles. The molecule has 2 amide bonds. The molecule has 6 nitrogen and oxygen atoms in total. The van der Waals surface area contributed by atoms with Gasteiger partial charge in [-0.05, 0) is 31.0 Å². The number of nitrogens with one attached hydrogen (secondary N) is 1. The van der Waals surface area contributed by atoms with Gasteiger partial charge in [0.15, 0.2) is 0 Å². The van der Waals surface area contributed by atoms with Crippen molar-refractivity contribution in [2.45, 2.75) is 18.9 Å². The second kappa shape index (κ2) is 8.17. The van der Waals surface area contributed by atoms with E-state index in [1.165, 1.54) is 0 Å². The van der Waals surface area contributed by atoms with E-state index in [1.54, 1.807) is 24.1 Å². The minimum Gasteiger partial charge on any atom is -0.383 e. The van der Waals surface area contributed by atoms with Gasteiger partial charge in [-0.3, -0.25) is 14.5 Å². The minimum absolute atomic E-state index is 0.109. The zero-order valence-electron chi connectivity index (χ0n) is 14.4. The van der Waals surface area contributed by atoms with E-state index in [1.807, 2.05) is 12.1 Å². The van der Waals surface area contributed by atoms with E-state index < -0.39 is 5.92 Å². The summed E-state index contributed by atoms with van der Waals surface area (Å²) in [4.78, 5) is 29.1. The van der Waals surface area contributed by atoms with Crippen molar-refractivity contribution in [3.63, 3.8) is 0 Å². The van der Waals surface area contributed by atoms with Gasteiger partial charge in [0.05, 0.1) is 6.61 Å². The number of rotatable bonds is 6. The van der Waals surface area contributed by atoms with Crippen LogP contribution in [0.5, 0.6) is 0 Å². The fourth-order valence-electron chi connectivity index (χ4n) is 3.50. The summed E-state index contributed by atoms with van der Waals surface area (Å²) in [6, 6.07) is 7.29. The third kappa shape index (κ3) is 4.32.